The first-order valence-electron chi connectivity index (χ1n) is 2.81. The maximum absolute atomic E-state index is 5.37. The zero-order chi connectivity index (χ0) is 7.11. The van der Waals surface area contributed by atoms with Crippen LogP contribution in [-0.4, -0.2) is 9.97 Å². The first kappa shape index (κ1) is 8.37. The Hall–Kier alpha value is -0.630. The number of hydrogen-bond acceptors (Lipinski definition) is 2. The molecule has 0 N–H and O–H groups in total. The normalized spacial score (nSPS) is 7.44. The Balaban J connectivity index is 0.000000291. The Bertz CT molecular complexity index is 141. The summed E-state index contributed by atoms with van der Waals surface area (Å²) < 4.78 is 0. The van der Waals surface area contributed by atoms with Crippen molar-refractivity contribution in [1.82, 2.24) is 9.97 Å². The van der Waals surface area contributed by atoms with Gasteiger partial charge in [-0.25, -0.2) is 4.98 Å². The Morgan fingerprint density at radius 3 is 2.22 bits per heavy atom. The fourth-order valence-corrected chi connectivity index (χ4v) is 0.394. The minimum absolute atomic E-state index is 0.433. The second-order valence-corrected chi connectivity index (χ2v) is 1.42. The van der Waals surface area contributed by atoms with Crippen molar-refractivity contribution in [2.75, 3.05) is 0 Å². The summed E-state index contributed by atoms with van der Waals surface area (Å²) in [6.07, 6.45) is 4.61. The van der Waals surface area contributed by atoms with Crippen molar-refractivity contribution in [2.45, 2.75) is 13.8 Å². The predicted molar refractivity (Wildman–Crippen MR) is 38.4 cm³/mol. The average Bonchev–Trinajstić information content (AvgIpc) is 1.94. The summed E-state index contributed by atoms with van der Waals surface area (Å²) in [5.41, 5.74) is 0. The average molecular weight is 145 g/mol. The van der Waals surface area contributed by atoms with E-state index < -0.39 is 0 Å². The van der Waals surface area contributed by atoms with Crippen molar-refractivity contribution in [2.24, 2.45) is 0 Å². The van der Waals surface area contributed by atoms with Crippen molar-refractivity contribution in [1.29, 1.82) is 0 Å². The third-order valence-corrected chi connectivity index (χ3v) is 0.727. The lowest BCUT2D eigenvalue weighted by Gasteiger charge is -1.79. The molecular weight excluding hydrogens is 136 g/mol. The molecule has 0 aliphatic rings. The van der Waals surface area contributed by atoms with E-state index in [1.54, 1.807) is 12.4 Å². The molecule has 0 unspecified atom stereocenters. The molecule has 2 nitrogen and oxygen atoms in total. The van der Waals surface area contributed by atoms with Crippen molar-refractivity contribution in [3.8, 4) is 0 Å². The Labute approximate surface area is 59.9 Å². The van der Waals surface area contributed by atoms with Crippen LogP contribution in [0.2, 0.25) is 5.15 Å². The SMILES string of the molecule is CC.Clc1cnccn1. The first-order chi connectivity index (χ1) is 4.39. The summed E-state index contributed by atoms with van der Waals surface area (Å²) in [4.78, 5) is 7.37. The zero-order valence-corrected chi connectivity index (χ0v) is 6.26. The molecule has 0 aromatic carbocycles. The fraction of sp³-hybridized carbons (Fsp3) is 0.333. The summed E-state index contributed by atoms with van der Waals surface area (Å²) in [5.74, 6) is 0. The summed E-state index contributed by atoms with van der Waals surface area (Å²) in [6.45, 7) is 4.00. The van der Waals surface area contributed by atoms with Crippen LogP contribution >= 0.6 is 11.6 Å². The number of rotatable bonds is 0. The predicted octanol–water partition coefficient (Wildman–Crippen LogP) is 2.16. The fourth-order valence-electron chi connectivity index (χ4n) is 0.281. The first-order valence-corrected chi connectivity index (χ1v) is 3.19. The van der Waals surface area contributed by atoms with Gasteiger partial charge in [-0.2, -0.15) is 0 Å². The van der Waals surface area contributed by atoms with E-state index in [9.17, 15) is 0 Å². The molecule has 0 bridgehead atoms. The van der Waals surface area contributed by atoms with Crippen molar-refractivity contribution in [3.05, 3.63) is 23.7 Å². The monoisotopic (exact) mass is 144 g/mol. The molecule has 0 aliphatic carbocycles. The molecule has 1 aromatic rings. The largest absolute Gasteiger partial charge is 0.260 e. The van der Waals surface area contributed by atoms with Gasteiger partial charge in [0.2, 0.25) is 0 Å². The lowest BCUT2D eigenvalue weighted by Crippen LogP contribution is -1.71. The van der Waals surface area contributed by atoms with Crippen LogP contribution in [0.4, 0.5) is 0 Å². The van der Waals surface area contributed by atoms with Crippen molar-refractivity contribution in [3.63, 3.8) is 0 Å². The lowest BCUT2D eigenvalue weighted by molar-refractivity contribution is 1.20. The number of nitrogens with zero attached hydrogens (tertiary/aromatic N) is 2. The maximum atomic E-state index is 5.37. The minimum atomic E-state index is 0.433. The third kappa shape index (κ3) is 3.91. The minimum Gasteiger partial charge on any atom is -0.260 e. The van der Waals surface area contributed by atoms with E-state index in [4.69, 9.17) is 11.6 Å². The highest BCUT2D eigenvalue weighted by Crippen LogP contribution is 1.95. The van der Waals surface area contributed by atoms with Gasteiger partial charge in [0.1, 0.15) is 5.15 Å². The molecule has 1 rings (SSSR count). The smallest absolute Gasteiger partial charge is 0.147 e. The van der Waals surface area contributed by atoms with Crippen LogP contribution in [0.15, 0.2) is 18.6 Å². The molecule has 0 spiro atoms. The molecule has 1 heterocycles. The molecule has 0 aliphatic heterocycles. The van der Waals surface area contributed by atoms with Gasteiger partial charge >= 0.3 is 0 Å². The maximum Gasteiger partial charge on any atom is 0.147 e. The van der Waals surface area contributed by atoms with Gasteiger partial charge in [0.25, 0.3) is 0 Å². The zero-order valence-electron chi connectivity index (χ0n) is 5.50. The third-order valence-electron chi connectivity index (χ3n) is 0.532. The second-order valence-electron chi connectivity index (χ2n) is 1.03. The highest BCUT2D eigenvalue weighted by Gasteiger charge is 1.77. The van der Waals surface area contributed by atoms with Crippen LogP contribution in [0.25, 0.3) is 0 Å². The van der Waals surface area contributed by atoms with Gasteiger partial charge in [0, 0.05) is 12.4 Å². The van der Waals surface area contributed by atoms with E-state index in [1.165, 1.54) is 6.20 Å². The quantitative estimate of drug-likeness (QED) is 0.558. The Kier molecular flexibility index (Phi) is 5.12. The highest BCUT2D eigenvalue weighted by atomic mass is 35.5. The molecule has 0 atom stereocenters. The Morgan fingerprint density at radius 1 is 1.33 bits per heavy atom. The molecule has 3 heteroatoms. The Morgan fingerprint density at radius 2 is 2.00 bits per heavy atom. The molecule has 0 radical (unpaired) electrons. The molecular formula is C6H9ClN2. The lowest BCUT2D eigenvalue weighted by atomic mass is 10.8. The summed E-state index contributed by atoms with van der Waals surface area (Å²) in [6, 6.07) is 0. The van der Waals surface area contributed by atoms with Crippen LogP contribution in [0.3, 0.4) is 0 Å². The van der Waals surface area contributed by atoms with E-state index in [-0.39, 0.29) is 0 Å². The van der Waals surface area contributed by atoms with Crippen LogP contribution in [0.5, 0.6) is 0 Å². The van der Waals surface area contributed by atoms with E-state index in [0.29, 0.717) is 5.15 Å². The summed E-state index contributed by atoms with van der Waals surface area (Å²) in [5, 5.41) is 0.433. The number of halogens is 1. The van der Waals surface area contributed by atoms with Crippen LogP contribution in [-0.2, 0) is 0 Å². The van der Waals surface area contributed by atoms with Crippen LogP contribution in [0.1, 0.15) is 13.8 Å². The van der Waals surface area contributed by atoms with Crippen LogP contribution in [0, 0.1) is 0 Å². The molecule has 0 amide bonds. The van der Waals surface area contributed by atoms with Gasteiger partial charge in [-0.3, -0.25) is 4.98 Å². The standard InChI is InChI=1S/C4H3ClN2.C2H6/c5-4-3-6-1-2-7-4;1-2/h1-3H;1-2H3. The molecule has 0 saturated carbocycles. The molecule has 0 fully saturated rings. The van der Waals surface area contributed by atoms with Gasteiger partial charge in [-0.05, 0) is 0 Å². The number of aromatic nitrogens is 2. The van der Waals surface area contributed by atoms with Gasteiger partial charge in [0.05, 0.1) is 6.20 Å². The van der Waals surface area contributed by atoms with Gasteiger partial charge in [-0.1, -0.05) is 25.4 Å². The van der Waals surface area contributed by atoms with Gasteiger partial charge in [-0.15, -0.1) is 0 Å². The second kappa shape index (κ2) is 5.51. The molecule has 50 valence electrons. The van der Waals surface area contributed by atoms with E-state index in [0.717, 1.165) is 0 Å². The van der Waals surface area contributed by atoms with Gasteiger partial charge < -0.3 is 0 Å². The van der Waals surface area contributed by atoms with E-state index >= 15 is 0 Å². The van der Waals surface area contributed by atoms with E-state index in [1.807, 2.05) is 13.8 Å². The van der Waals surface area contributed by atoms with Crippen LogP contribution < -0.4 is 0 Å². The van der Waals surface area contributed by atoms with E-state index in [2.05, 4.69) is 9.97 Å². The molecule has 0 saturated heterocycles. The number of hydrogen-bond donors (Lipinski definition) is 0. The van der Waals surface area contributed by atoms with Crippen molar-refractivity contribution >= 4 is 11.6 Å². The highest BCUT2D eigenvalue weighted by molar-refractivity contribution is 6.29. The summed E-state index contributed by atoms with van der Waals surface area (Å²) >= 11 is 5.37. The molecule has 9 heavy (non-hydrogen) atoms. The van der Waals surface area contributed by atoms with Gasteiger partial charge in [0.15, 0.2) is 0 Å². The molecule has 1 aromatic heterocycles. The topological polar surface area (TPSA) is 25.8 Å². The van der Waals surface area contributed by atoms with Crippen molar-refractivity contribution < 1.29 is 0 Å². The summed E-state index contributed by atoms with van der Waals surface area (Å²) in [7, 11) is 0.